The summed E-state index contributed by atoms with van der Waals surface area (Å²) < 4.78 is 85.9. The second-order valence-electron chi connectivity index (χ2n) is 8.49. The zero-order valence-corrected chi connectivity index (χ0v) is 19.5. The number of aromatic nitrogens is 3. The first-order valence-corrected chi connectivity index (χ1v) is 10.7. The predicted octanol–water partition coefficient (Wildman–Crippen LogP) is 4.81. The van der Waals surface area contributed by atoms with E-state index in [-0.39, 0.29) is 17.1 Å². The minimum absolute atomic E-state index is 0.128. The van der Waals surface area contributed by atoms with Crippen LogP contribution in [0.1, 0.15) is 31.2 Å². The van der Waals surface area contributed by atoms with Crippen LogP contribution in [0.15, 0.2) is 34.9 Å². The molecule has 8 nitrogen and oxygen atoms in total. The van der Waals surface area contributed by atoms with Gasteiger partial charge in [0, 0.05) is 24.3 Å². The van der Waals surface area contributed by atoms with Gasteiger partial charge in [-0.3, -0.25) is 4.79 Å². The van der Waals surface area contributed by atoms with Crippen molar-refractivity contribution >= 4 is 11.6 Å². The molecular weight excluding hydrogens is 491 g/mol. The van der Waals surface area contributed by atoms with Crippen molar-refractivity contribution in [2.24, 2.45) is 5.92 Å². The molecule has 0 unspecified atom stereocenters. The van der Waals surface area contributed by atoms with Crippen LogP contribution in [-0.4, -0.2) is 46.1 Å². The van der Waals surface area contributed by atoms with Crippen LogP contribution >= 0.6 is 0 Å². The van der Waals surface area contributed by atoms with Gasteiger partial charge in [0.15, 0.2) is 17.2 Å². The van der Waals surface area contributed by atoms with E-state index in [4.69, 9.17) is 13.9 Å². The number of alkyl halides is 3. The summed E-state index contributed by atoms with van der Waals surface area (Å²) in [6, 6.07) is 4.76. The summed E-state index contributed by atoms with van der Waals surface area (Å²) in [5.74, 6) is -6.38. The van der Waals surface area contributed by atoms with Crippen molar-refractivity contribution in [3.05, 3.63) is 53.6 Å². The molecule has 1 fully saturated rings. The van der Waals surface area contributed by atoms with Crippen LogP contribution in [0.5, 0.6) is 5.75 Å². The number of rotatable bonds is 5. The summed E-state index contributed by atoms with van der Waals surface area (Å²) in [4.78, 5) is 17.3. The number of nitrogens with zero attached hydrogens (tertiary/aromatic N) is 3. The van der Waals surface area contributed by atoms with Crippen molar-refractivity contribution in [2.45, 2.75) is 44.6 Å². The summed E-state index contributed by atoms with van der Waals surface area (Å²) in [5, 5.41) is 9.99. The molecule has 1 aromatic carbocycles. The number of nitrogens with one attached hydrogen (secondary N) is 1. The van der Waals surface area contributed by atoms with E-state index in [0.717, 1.165) is 26.2 Å². The zero-order chi connectivity index (χ0) is 26.4. The molecule has 0 radical (unpaired) electrons. The molecule has 1 N–H and O–H groups in total. The number of carbonyl (C=O) groups is 1. The van der Waals surface area contributed by atoms with Crippen molar-refractivity contribution in [1.29, 1.82) is 0 Å². The average Bonchev–Trinajstić information content (AvgIpc) is 3.37. The molecule has 13 heteroatoms. The Hall–Kier alpha value is -3.61. The summed E-state index contributed by atoms with van der Waals surface area (Å²) in [7, 11) is 1.05. The van der Waals surface area contributed by atoms with Crippen LogP contribution in [0.2, 0.25) is 0 Å². The second-order valence-corrected chi connectivity index (χ2v) is 8.49. The normalized spacial score (nSPS) is 24.1. The lowest BCUT2D eigenvalue weighted by molar-refractivity contribution is -0.272. The molecule has 3 heterocycles. The fourth-order valence-corrected chi connectivity index (χ4v) is 4.25. The molecule has 2 aromatic heterocycles. The van der Waals surface area contributed by atoms with E-state index in [0.29, 0.717) is 11.6 Å². The van der Waals surface area contributed by atoms with Gasteiger partial charge in [-0.05, 0) is 25.1 Å². The molecule has 1 aliphatic rings. The number of amides is 1. The highest BCUT2D eigenvalue weighted by Crippen LogP contribution is 2.55. The molecular formula is C23H21F5N4O4. The van der Waals surface area contributed by atoms with Gasteiger partial charge in [-0.25, -0.2) is 9.37 Å². The van der Waals surface area contributed by atoms with Crippen LogP contribution in [-0.2, 0) is 9.53 Å². The van der Waals surface area contributed by atoms with Gasteiger partial charge in [0.25, 0.3) is 11.8 Å². The van der Waals surface area contributed by atoms with Crippen LogP contribution in [0.3, 0.4) is 0 Å². The summed E-state index contributed by atoms with van der Waals surface area (Å²) in [6.07, 6.45) is -5.33. The maximum atomic E-state index is 14.4. The zero-order valence-electron chi connectivity index (χ0n) is 19.5. The Bertz CT molecular complexity index is 1280. The third-order valence-electron chi connectivity index (χ3n) is 6.35. The van der Waals surface area contributed by atoms with E-state index in [1.165, 1.54) is 25.3 Å². The van der Waals surface area contributed by atoms with Gasteiger partial charge in [-0.2, -0.15) is 17.6 Å². The van der Waals surface area contributed by atoms with E-state index in [1.54, 1.807) is 6.92 Å². The second kappa shape index (κ2) is 9.12. The van der Waals surface area contributed by atoms with Crippen molar-refractivity contribution in [2.75, 3.05) is 12.4 Å². The molecule has 0 bridgehead atoms. The Kier molecular flexibility index (Phi) is 6.45. The Labute approximate surface area is 201 Å². The average molecular weight is 512 g/mol. The minimum atomic E-state index is -4.86. The number of hydrogen-bond acceptors (Lipinski definition) is 7. The first kappa shape index (κ1) is 25.5. The first-order chi connectivity index (χ1) is 16.9. The summed E-state index contributed by atoms with van der Waals surface area (Å²) in [5.41, 5.74) is -2.42. The van der Waals surface area contributed by atoms with Gasteiger partial charge in [-0.15, -0.1) is 10.2 Å². The fraction of sp³-hybridized carbons (Fsp3) is 0.391. The van der Waals surface area contributed by atoms with Gasteiger partial charge in [-0.1, -0.05) is 13.0 Å². The lowest BCUT2D eigenvalue weighted by atomic mass is 9.77. The van der Waals surface area contributed by atoms with Crippen molar-refractivity contribution < 1.29 is 40.6 Å². The van der Waals surface area contributed by atoms with E-state index >= 15 is 0 Å². The van der Waals surface area contributed by atoms with E-state index in [2.05, 4.69) is 20.5 Å². The van der Waals surface area contributed by atoms with Crippen LogP contribution < -0.4 is 10.1 Å². The van der Waals surface area contributed by atoms with Gasteiger partial charge in [0.1, 0.15) is 11.8 Å². The molecule has 4 atom stereocenters. The highest BCUT2D eigenvalue weighted by atomic mass is 19.4. The Balaban J connectivity index is 1.68. The maximum Gasteiger partial charge on any atom is 0.417 e. The van der Waals surface area contributed by atoms with E-state index in [9.17, 15) is 26.7 Å². The van der Waals surface area contributed by atoms with Crippen LogP contribution in [0, 0.1) is 24.5 Å². The molecule has 0 aliphatic carbocycles. The van der Waals surface area contributed by atoms with Gasteiger partial charge in [0.05, 0.1) is 19.0 Å². The molecule has 0 saturated carbocycles. The number of aryl methyl sites for hydroxylation is 1. The highest BCUT2D eigenvalue weighted by molar-refractivity contribution is 5.95. The monoisotopic (exact) mass is 512 g/mol. The maximum absolute atomic E-state index is 14.4. The Morgan fingerprint density at radius 1 is 1.17 bits per heavy atom. The third kappa shape index (κ3) is 4.27. The molecule has 36 heavy (non-hydrogen) atoms. The van der Waals surface area contributed by atoms with Crippen molar-refractivity contribution in [3.8, 4) is 17.3 Å². The Morgan fingerprint density at radius 3 is 2.44 bits per heavy atom. The number of ether oxygens (including phenoxy) is 2. The largest absolute Gasteiger partial charge is 0.493 e. The molecule has 192 valence electrons. The molecule has 1 aliphatic heterocycles. The van der Waals surface area contributed by atoms with Crippen molar-refractivity contribution in [1.82, 2.24) is 15.2 Å². The van der Waals surface area contributed by atoms with Gasteiger partial charge >= 0.3 is 6.18 Å². The van der Waals surface area contributed by atoms with Crippen LogP contribution in [0.25, 0.3) is 11.6 Å². The number of halogens is 5. The third-order valence-corrected chi connectivity index (χ3v) is 6.35. The summed E-state index contributed by atoms with van der Waals surface area (Å²) >= 11 is 0. The fourth-order valence-electron chi connectivity index (χ4n) is 4.25. The van der Waals surface area contributed by atoms with E-state index < -0.39 is 53.0 Å². The minimum Gasteiger partial charge on any atom is -0.493 e. The number of benzene rings is 1. The number of hydrogen-bond donors (Lipinski definition) is 1. The number of carbonyl (C=O) groups excluding carboxylic acids is 1. The SMILES string of the molecule is COc1c([C@H]2[C@H](C(=O)Nc3ccc(-c4nnc(C)o4)nc3)O[C@@](C)(C(F)(F)F)[C@H]2C)ccc(F)c1F. The first-order valence-electron chi connectivity index (χ1n) is 10.7. The van der Waals surface area contributed by atoms with Crippen LogP contribution in [0.4, 0.5) is 27.6 Å². The number of anilines is 1. The molecule has 1 saturated heterocycles. The molecule has 1 amide bonds. The molecule has 0 spiro atoms. The molecule has 4 rings (SSSR count). The van der Waals surface area contributed by atoms with Gasteiger partial charge in [0.2, 0.25) is 11.7 Å². The lowest BCUT2D eigenvalue weighted by Gasteiger charge is -2.32. The Morgan fingerprint density at radius 2 is 1.89 bits per heavy atom. The topological polar surface area (TPSA) is 99.4 Å². The lowest BCUT2D eigenvalue weighted by Crippen LogP contribution is -2.47. The highest BCUT2D eigenvalue weighted by Gasteiger charge is 2.65. The molecule has 3 aromatic rings. The van der Waals surface area contributed by atoms with Gasteiger partial charge < -0.3 is 19.2 Å². The standard InChI is InChI=1S/C23H21F5N4O4/c1-10-16(13-6-7-14(24)17(25)18(13)34-4)19(36-22(10,3)23(26,27)28)20(33)30-12-5-8-15(29-9-12)21-32-31-11(2)35-21/h5-10,16,19H,1-4H3,(H,30,33)/t10-,16-,19+,22+/m0/s1. The van der Waals surface area contributed by atoms with Crippen molar-refractivity contribution in [3.63, 3.8) is 0 Å². The van der Waals surface area contributed by atoms with E-state index in [1.807, 2.05) is 0 Å². The smallest absolute Gasteiger partial charge is 0.417 e. The number of pyridine rings is 1. The quantitative estimate of drug-likeness (QED) is 0.490. The number of methoxy groups -OCH3 is 1. The predicted molar refractivity (Wildman–Crippen MR) is 115 cm³/mol. The summed E-state index contributed by atoms with van der Waals surface area (Å²) in [6.45, 7) is 3.64.